The van der Waals surface area contributed by atoms with Crippen molar-refractivity contribution >= 4 is 28.1 Å². The molecule has 0 unspecified atom stereocenters. The summed E-state index contributed by atoms with van der Waals surface area (Å²) in [4.78, 5) is 17.4. The first-order valence-electron chi connectivity index (χ1n) is 11.8. The summed E-state index contributed by atoms with van der Waals surface area (Å²) in [6.45, 7) is 5.44. The van der Waals surface area contributed by atoms with Gasteiger partial charge in [-0.25, -0.2) is 9.50 Å². The number of benzene rings is 2. The first kappa shape index (κ1) is 21.7. The molecule has 0 spiro atoms. The number of carbonyl (C=O) groups excluding carboxylic acids is 1. The van der Waals surface area contributed by atoms with Gasteiger partial charge >= 0.3 is 0 Å². The maximum atomic E-state index is 13.0. The number of amides is 1. The molecule has 6 aromatic rings. The summed E-state index contributed by atoms with van der Waals surface area (Å²) in [5, 5.41) is 18.7. The summed E-state index contributed by atoms with van der Waals surface area (Å²) >= 11 is 0. The Morgan fingerprint density at radius 1 is 1.03 bits per heavy atom. The quantitative estimate of drug-likeness (QED) is 0.380. The van der Waals surface area contributed by atoms with Crippen molar-refractivity contribution in [2.24, 2.45) is 0 Å². The second kappa shape index (κ2) is 8.77. The largest absolute Gasteiger partial charge is 0.304 e. The van der Waals surface area contributed by atoms with E-state index in [9.17, 15) is 4.79 Å². The molecule has 0 bridgehead atoms. The number of nitrogens with one attached hydrogen (secondary N) is 1. The van der Waals surface area contributed by atoms with E-state index in [0.717, 1.165) is 29.1 Å². The lowest BCUT2D eigenvalue weighted by molar-refractivity contribution is 0.102. The van der Waals surface area contributed by atoms with E-state index >= 15 is 0 Å². The fourth-order valence-electron chi connectivity index (χ4n) is 4.53. The van der Waals surface area contributed by atoms with Crippen molar-refractivity contribution in [3.05, 3.63) is 96.2 Å². The minimum Gasteiger partial charge on any atom is -0.304 e. The van der Waals surface area contributed by atoms with Gasteiger partial charge in [-0.15, -0.1) is 0 Å². The zero-order valence-corrected chi connectivity index (χ0v) is 20.0. The number of nitrogens with zero attached hydrogens (tertiary/aromatic N) is 7. The van der Waals surface area contributed by atoms with Crippen LogP contribution >= 0.6 is 0 Å². The third-order valence-corrected chi connectivity index (χ3v) is 6.36. The molecule has 178 valence electrons. The second-order valence-corrected chi connectivity index (χ2v) is 8.58. The van der Waals surface area contributed by atoms with E-state index in [0.29, 0.717) is 18.0 Å². The molecule has 9 heteroatoms. The number of aromatic nitrogens is 7. The minimum atomic E-state index is -0.345. The van der Waals surface area contributed by atoms with Crippen LogP contribution in [0.4, 0.5) is 5.82 Å². The highest BCUT2D eigenvalue weighted by atomic mass is 16.2. The van der Waals surface area contributed by atoms with Crippen molar-refractivity contribution in [2.45, 2.75) is 26.9 Å². The Bertz CT molecular complexity index is 1720. The Morgan fingerprint density at radius 3 is 2.75 bits per heavy atom. The van der Waals surface area contributed by atoms with Gasteiger partial charge in [-0.05, 0) is 36.2 Å². The zero-order valence-electron chi connectivity index (χ0n) is 20.0. The molecular weight excluding hydrogens is 452 g/mol. The van der Waals surface area contributed by atoms with Gasteiger partial charge in [0.05, 0.1) is 18.4 Å². The lowest BCUT2D eigenvalue weighted by Gasteiger charge is -2.07. The SMILES string of the molecule is CCn1ncc(-c2ccnc3cc(C(=O)Nc4ccn(Cc5cccc6ccccc56)n4)nn23)c1C. The normalized spacial score (nSPS) is 11.4. The molecular formula is C27H24N8O. The summed E-state index contributed by atoms with van der Waals surface area (Å²) < 4.78 is 5.42. The van der Waals surface area contributed by atoms with Crippen LogP contribution in [-0.2, 0) is 13.1 Å². The number of carbonyl (C=O) groups is 1. The number of fused-ring (bicyclic) bond motifs is 2. The molecule has 0 aliphatic heterocycles. The van der Waals surface area contributed by atoms with Crippen molar-refractivity contribution in [3.8, 4) is 11.3 Å². The maximum Gasteiger partial charge on any atom is 0.277 e. The Morgan fingerprint density at radius 2 is 1.89 bits per heavy atom. The first-order chi connectivity index (χ1) is 17.6. The van der Waals surface area contributed by atoms with E-state index in [-0.39, 0.29) is 11.6 Å². The van der Waals surface area contributed by atoms with Gasteiger partial charge in [0, 0.05) is 42.3 Å². The summed E-state index contributed by atoms with van der Waals surface area (Å²) in [6, 6.07) is 19.8. The van der Waals surface area contributed by atoms with Gasteiger partial charge in [0.25, 0.3) is 5.91 Å². The third kappa shape index (κ3) is 3.80. The van der Waals surface area contributed by atoms with Crippen LogP contribution in [0.25, 0.3) is 27.7 Å². The topological polar surface area (TPSA) is 94.9 Å². The Balaban J connectivity index is 1.24. The van der Waals surface area contributed by atoms with E-state index in [1.807, 2.05) is 59.9 Å². The van der Waals surface area contributed by atoms with Gasteiger partial charge in [0.1, 0.15) is 0 Å². The number of anilines is 1. The Labute approximate surface area is 207 Å². The highest BCUT2D eigenvalue weighted by Gasteiger charge is 2.17. The van der Waals surface area contributed by atoms with Crippen molar-refractivity contribution in [3.63, 3.8) is 0 Å². The average Bonchev–Trinajstić information content (AvgIpc) is 3.62. The van der Waals surface area contributed by atoms with Crippen molar-refractivity contribution < 1.29 is 4.79 Å². The van der Waals surface area contributed by atoms with Crippen LogP contribution in [0.5, 0.6) is 0 Å². The number of aryl methyl sites for hydroxylation is 1. The lowest BCUT2D eigenvalue weighted by Crippen LogP contribution is -2.14. The molecule has 0 aliphatic rings. The fraction of sp³-hybridized carbons (Fsp3) is 0.148. The van der Waals surface area contributed by atoms with Crippen molar-refractivity contribution in [2.75, 3.05) is 5.32 Å². The molecule has 0 aliphatic carbocycles. The molecule has 0 saturated carbocycles. The summed E-state index contributed by atoms with van der Waals surface area (Å²) in [5.74, 6) is 0.119. The van der Waals surface area contributed by atoms with E-state index in [1.54, 1.807) is 22.8 Å². The van der Waals surface area contributed by atoms with E-state index in [4.69, 9.17) is 0 Å². The van der Waals surface area contributed by atoms with Crippen molar-refractivity contribution in [1.29, 1.82) is 0 Å². The van der Waals surface area contributed by atoms with Gasteiger partial charge < -0.3 is 5.32 Å². The number of hydrogen-bond donors (Lipinski definition) is 1. The molecule has 1 amide bonds. The molecule has 1 N–H and O–H groups in total. The van der Waals surface area contributed by atoms with Gasteiger partial charge in [-0.3, -0.25) is 14.2 Å². The van der Waals surface area contributed by atoms with Crippen LogP contribution in [0, 0.1) is 6.92 Å². The van der Waals surface area contributed by atoms with Gasteiger partial charge in [0.2, 0.25) is 0 Å². The summed E-state index contributed by atoms with van der Waals surface area (Å²) in [6.07, 6.45) is 5.39. The van der Waals surface area contributed by atoms with Crippen LogP contribution in [0.1, 0.15) is 28.7 Å². The predicted octanol–water partition coefficient (Wildman–Crippen LogP) is 4.57. The van der Waals surface area contributed by atoms with Crippen LogP contribution in [0.15, 0.2) is 79.3 Å². The summed E-state index contributed by atoms with van der Waals surface area (Å²) in [5.41, 5.74) is 4.82. The van der Waals surface area contributed by atoms with Crippen LogP contribution in [0.2, 0.25) is 0 Å². The minimum absolute atomic E-state index is 0.263. The Kier molecular flexibility index (Phi) is 5.29. The molecule has 36 heavy (non-hydrogen) atoms. The molecule has 9 nitrogen and oxygen atoms in total. The fourth-order valence-corrected chi connectivity index (χ4v) is 4.53. The molecule has 2 aromatic carbocycles. The van der Waals surface area contributed by atoms with Crippen LogP contribution < -0.4 is 5.32 Å². The smallest absolute Gasteiger partial charge is 0.277 e. The second-order valence-electron chi connectivity index (χ2n) is 8.58. The van der Waals surface area contributed by atoms with Gasteiger partial charge in [0.15, 0.2) is 17.2 Å². The highest BCUT2D eigenvalue weighted by Crippen LogP contribution is 2.24. The number of hydrogen-bond acceptors (Lipinski definition) is 5. The van der Waals surface area contributed by atoms with Crippen LogP contribution in [-0.4, -0.2) is 40.1 Å². The van der Waals surface area contributed by atoms with E-state index in [1.165, 1.54) is 10.8 Å². The molecule has 0 atom stereocenters. The number of rotatable bonds is 6. The highest BCUT2D eigenvalue weighted by molar-refractivity contribution is 6.03. The Hall–Kier alpha value is -4.79. The van der Waals surface area contributed by atoms with E-state index < -0.39 is 0 Å². The van der Waals surface area contributed by atoms with Crippen molar-refractivity contribution in [1.82, 2.24) is 34.2 Å². The first-order valence-corrected chi connectivity index (χ1v) is 11.8. The zero-order chi connectivity index (χ0) is 24.6. The molecule has 0 saturated heterocycles. The summed E-state index contributed by atoms with van der Waals surface area (Å²) in [7, 11) is 0. The van der Waals surface area contributed by atoms with Crippen LogP contribution in [0.3, 0.4) is 0 Å². The molecule has 4 aromatic heterocycles. The molecule has 0 radical (unpaired) electrons. The van der Waals surface area contributed by atoms with Gasteiger partial charge in [-0.2, -0.15) is 15.3 Å². The third-order valence-electron chi connectivity index (χ3n) is 6.36. The average molecular weight is 477 g/mol. The monoisotopic (exact) mass is 476 g/mol. The molecule has 4 heterocycles. The van der Waals surface area contributed by atoms with E-state index in [2.05, 4.69) is 49.9 Å². The van der Waals surface area contributed by atoms with Gasteiger partial charge in [-0.1, -0.05) is 42.5 Å². The maximum absolute atomic E-state index is 13.0. The lowest BCUT2D eigenvalue weighted by atomic mass is 10.0. The standard InChI is InChI=1S/C27H24N8O/c1-3-34-18(2)22(16-29-34)24-11-13-28-26-15-23(31-35(24)26)27(36)30-25-12-14-33(32-25)17-20-9-6-8-19-7-4-5-10-21(19)20/h4-16H,3,17H2,1-2H3,(H,30,32,36). The predicted molar refractivity (Wildman–Crippen MR) is 138 cm³/mol. The molecule has 6 rings (SSSR count). The molecule has 0 fully saturated rings.